The van der Waals surface area contributed by atoms with E-state index >= 15 is 4.79 Å². The van der Waals surface area contributed by atoms with Gasteiger partial charge in [-0.05, 0) is 91.8 Å². The van der Waals surface area contributed by atoms with Gasteiger partial charge in [0.25, 0.3) is 11.8 Å². The molecule has 1 saturated carbocycles. The summed E-state index contributed by atoms with van der Waals surface area (Å²) in [5.41, 5.74) is 7.94. The zero-order chi connectivity index (χ0) is 41.9. The Hall–Kier alpha value is -6.94. The summed E-state index contributed by atoms with van der Waals surface area (Å²) >= 11 is 0. The number of nitrogens with zero attached hydrogens (tertiary/aromatic N) is 2. The molecule has 4 amide bonds. The van der Waals surface area contributed by atoms with Gasteiger partial charge < -0.3 is 14.6 Å². The average Bonchev–Trinajstić information content (AvgIpc) is 3.65. The second kappa shape index (κ2) is 15.0. The van der Waals surface area contributed by atoms with E-state index in [0.717, 1.165) is 27.3 Å². The smallest absolute Gasteiger partial charge is 0.260 e. The number of nitrogens with one attached hydrogen (secondary N) is 1. The van der Waals surface area contributed by atoms with Crippen molar-refractivity contribution in [3.63, 3.8) is 0 Å². The van der Waals surface area contributed by atoms with Crippen LogP contribution in [0.1, 0.15) is 52.1 Å². The minimum atomic E-state index is -1.47. The molecule has 302 valence electrons. The summed E-state index contributed by atoms with van der Waals surface area (Å²) in [6.07, 6.45) is 6.27. The molecule has 10 heteroatoms. The molecule has 0 bridgehead atoms. The number of aromatic hydroxyl groups is 1. The quantitative estimate of drug-likeness (QED) is 0.0866. The van der Waals surface area contributed by atoms with Crippen LogP contribution in [0.2, 0.25) is 0 Å². The zero-order valence-corrected chi connectivity index (χ0v) is 33.8. The lowest BCUT2D eigenvalue weighted by atomic mass is 9.49. The third kappa shape index (κ3) is 6.00. The molecule has 2 heterocycles. The molecule has 0 aromatic heterocycles. The number of methoxy groups -OCH3 is 2. The molecule has 0 radical (unpaired) electrons. The predicted molar refractivity (Wildman–Crippen MR) is 229 cm³/mol. The topological polar surface area (TPSA) is 125 Å². The fraction of sp³-hybridized carbons (Fsp3) is 0.240. The molecule has 2 N–H and O–H groups in total. The number of hydrogen-bond acceptors (Lipinski definition) is 8. The number of amides is 4. The Morgan fingerprint density at radius 2 is 1.52 bits per heavy atom. The van der Waals surface area contributed by atoms with Gasteiger partial charge in [0.2, 0.25) is 11.8 Å². The molecule has 6 unspecified atom stereocenters. The van der Waals surface area contributed by atoms with E-state index in [9.17, 15) is 19.5 Å². The van der Waals surface area contributed by atoms with Gasteiger partial charge in [0.05, 0.1) is 48.8 Å². The summed E-state index contributed by atoms with van der Waals surface area (Å²) in [7, 11) is 3.21. The van der Waals surface area contributed by atoms with Crippen molar-refractivity contribution in [2.75, 3.05) is 24.5 Å². The van der Waals surface area contributed by atoms with Crippen molar-refractivity contribution in [1.82, 2.24) is 5.01 Å². The highest BCUT2D eigenvalue weighted by atomic mass is 16.5. The Bertz CT molecular complexity index is 2600. The van der Waals surface area contributed by atoms with Crippen molar-refractivity contribution in [2.24, 2.45) is 23.7 Å². The second-order valence-corrected chi connectivity index (χ2v) is 16.1. The molecule has 60 heavy (non-hydrogen) atoms. The van der Waals surface area contributed by atoms with Gasteiger partial charge in [-0.25, -0.2) is 0 Å². The lowest BCUT2D eigenvalue weighted by Gasteiger charge is -2.50. The van der Waals surface area contributed by atoms with Gasteiger partial charge in [0, 0.05) is 17.0 Å². The number of rotatable bonds is 9. The number of carbonyl (C=O) groups is 4. The largest absolute Gasteiger partial charge is 0.507 e. The van der Waals surface area contributed by atoms with Gasteiger partial charge in [-0.1, -0.05) is 102 Å². The monoisotopic (exact) mass is 799 g/mol. The first-order valence-corrected chi connectivity index (χ1v) is 20.2. The maximum Gasteiger partial charge on any atom is 0.260 e. The molecule has 2 aliphatic heterocycles. The number of phenolic OH excluding ortho intramolecular Hbond substituents is 1. The summed E-state index contributed by atoms with van der Waals surface area (Å²) in [5.74, 6) is -3.83. The molecule has 3 fully saturated rings. The number of hydrogen-bond donors (Lipinski definition) is 2. The maximum absolute atomic E-state index is 15.4. The van der Waals surface area contributed by atoms with Crippen LogP contribution in [0.5, 0.6) is 17.2 Å². The first-order chi connectivity index (χ1) is 29.1. The van der Waals surface area contributed by atoms with E-state index in [-0.39, 0.29) is 30.4 Å². The van der Waals surface area contributed by atoms with Gasteiger partial charge in [-0.15, -0.1) is 0 Å². The van der Waals surface area contributed by atoms with Crippen molar-refractivity contribution >= 4 is 47.2 Å². The molecule has 2 aliphatic carbocycles. The number of anilines is 2. The number of imide groups is 2. The van der Waals surface area contributed by atoms with E-state index < -0.39 is 46.8 Å². The van der Waals surface area contributed by atoms with Crippen molar-refractivity contribution in [2.45, 2.75) is 38.0 Å². The van der Waals surface area contributed by atoms with Crippen molar-refractivity contribution in [3.8, 4) is 17.2 Å². The summed E-state index contributed by atoms with van der Waals surface area (Å²) in [6, 6.07) is 35.0. The maximum atomic E-state index is 15.4. The summed E-state index contributed by atoms with van der Waals surface area (Å²) in [5, 5.41) is 13.0. The zero-order valence-electron chi connectivity index (χ0n) is 33.8. The fourth-order valence-electron chi connectivity index (χ4n) is 10.2. The van der Waals surface area contributed by atoms with Gasteiger partial charge >= 0.3 is 0 Å². The van der Waals surface area contributed by atoms with Crippen LogP contribution in [0.15, 0.2) is 127 Å². The van der Waals surface area contributed by atoms with E-state index in [0.29, 0.717) is 39.6 Å². The Kier molecular flexibility index (Phi) is 9.66. The van der Waals surface area contributed by atoms with Gasteiger partial charge in [0.15, 0.2) is 0 Å². The van der Waals surface area contributed by atoms with Crippen molar-refractivity contribution in [1.29, 1.82) is 0 Å². The third-order valence-electron chi connectivity index (χ3n) is 13.0. The number of phenols is 1. The van der Waals surface area contributed by atoms with E-state index in [1.165, 1.54) is 4.90 Å². The molecular formula is C50H45N3O7. The molecule has 9 rings (SSSR count). The van der Waals surface area contributed by atoms with Crippen LogP contribution >= 0.6 is 0 Å². The van der Waals surface area contributed by atoms with Crippen LogP contribution in [-0.4, -0.2) is 48.0 Å². The minimum Gasteiger partial charge on any atom is -0.507 e. The number of carbonyl (C=O) groups excluding carboxylic acids is 4. The first kappa shape index (κ1) is 38.6. The van der Waals surface area contributed by atoms with Gasteiger partial charge in [-0.3, -0.25) is 29.5 Å². The molecule has 2 saturated heterocycles. The molecule has 10 nitrogen and oxygen atoms in total. The highest BCUT2D eigenvalue weighted by molar-refractivity contribution is 6.22. The minimum absolute atomic E-state index is 0.0276. The van der Waals surface area contributed by atoms with Gasteiger partial charge in [-0.2, -0.15) is 5.01 Å². The van der Waals surface area contributed by atoms with Crippen LogP contribution in [-0.2, 0) is 24.6 Å². The molecule has 4 aliphatic rings. The fourth-order valence-corrected chi connectivity index (χ4v) is 10.2. The van der Waals surface area contributed by atoms with E-state index in [1.54, 1.807) is 39.3 Å². The number of aryl methyl sites for hydroxylation is 2. The number of fused-ring (bicyclic) bond motifs is 4. The number of benzene rings is 5. The van der Waals surface area contributed by atoms with Crippen LogP contribution < -0.4 is 19.8 Å². The molecule has 5 aromatic rings. The summed E-state index contributed by atoms with van der Waals surface area (Å²) < 4.78 is 10.9. The van der Waals surface area contributed by atoms with Crippen molar-refractivity contribution in [3.05, 3.63) is 160 Å². The molecule has 5 aromatic carbocycles. The lowest BCUT2D eigenvalue weighted by Crippen LogP contribution is -2.53. The van der Waals surface area contributed by atoms with E-state index in [4.69, 9.17) is 9.47 Å². The summed E-state index contributed by atoms with van der Waals surface area (Å²) in [6.45, 7) is 3.76. The highest BCUT2D eigenvalue weighted by Gasteiger charge is 2.70. The summed E-state index contributed by atoms with van der Waals surface area (Å²) in [4.78, 5) is 60.8. The number of ether oxygens (including phenoxy) is 2. The molecular weight excluding hydrogens is 755 g/mol. The highest BCUT2D eigenvalue weighted by Crippen LogP contribution is 2.65. The Labute approximate surface area is 348 Å². The Morgan fingerprint density at radius 3 is 2.23 bits per heavy atom. The number of hydrazine groups is 1. The van der Waals surface area contributed by atoms with Crippen LogP contribution in [0, 0.1) is 37.5 Å². The predicted octanol–water partition coefficient (Wildman–Crippen LogP) is 8.39. The van der Waals surface area contributed by atoms with Gasteiger partial charge in [0.1, 0.15) is 17.2 Å². The second-order valence-electron chi connectivity index (χ2n) is 16.1. The Balaban J connectivity index is 1.11. The third-order valence-corrected chi connectivity index (χ3v) is 13.0. The van der Waals surface area contributed by atoms with Crippen LogP contribution in [0.25, 0.3) is 12.2 Å². The van der Waals surface area contributed by atoms with E-state index in [2.05, 4.69) is 5.43 Å². The molecule has 6 atom stereocenters. The lowest BCUT2D eigenvalue weighted by molar-refractivity contribution is -0.138. The Morgan fingerprint density at radius 1 is 0.767 bits per heavy atom. The SMILES string of the molecule is COc1ccc(OC)c(C=Cc2ccc(N3C(=O)C4CC=C5C(CC6C(=O)N(Nc7ccc(C)cc7)C(=O)C6(c6ccccc6)C5c5cccc(C)c5O)C4C3=O)cc2)c1. The van der Waals surface area contributed by atoms with Crippen LogP contribution in [0.3, 0.4) is 0 Å². The van der Waals surface area contributed by atoms with E-state index in [1.807, 2.05) is 122 Å². The molecule has 0 spiro atoms. The van der Waals surface area contributed by atoms with Crippen molar-refractivity contribution < 1.29 is 33.8 Å². The first-order valence-electron chi connectivity index (χ1n) is 20.2. The van der Waals surface area contributed by atoms with Crippen LogP contribution in [0.4, 0.5) is 11.4 Å². The standard InChI is InChI=1S/C50H45N3O7/c1-29-13-19-34(20-14-29)51-53-47(56)41-28-40-37(44(39-12-8-9-30(2)45(39)54)50(41,49(53)58)33-10-6-5-7-11-33)24-25-38-43(40)48(57)52(46(38)55)35-21-16-31(17-22-35)15-18-32-27-36(59-3)23-26-42(32)60-4/h5-24,26-27,38,40-41,43-44,51,54H,25,28H2,1-4H3. The number of para-hydroxylation sites is 1. The number of allylic oxidation sites excluding steroid dienone is 2. The normalized spacial score (nSPS) is 24.6. The average molecular weight is 800 g/mol.